The minimum Gasteiger partial charge on any atom is -0.464 e. The van der Waals surface area contributed by atoms with E-state index in [9.17, 15) is 18.0 Å². The lowest BCUT2D eigenvalue weighted by atomic mass is 10.0. The summed E-state index contributed by atoms with van der Waals surface area (Å²) >= 11 is 0. The summed E-state index contributed by atoms with van der Waals surface area (Å²) in [4.78, 5) is 16.1. The number of hydrogen-bond donors (Lipinski definition) is 1. The summed E-state index contributed by atoms with van der Waals surface area (Å²) in [7, 11) is 1.62. The van der Waals surface area contributed by atoms with Gasteiger partial charge in [-0.15, -0.1) is 0 Å². The van der Waals surface area contributed by atoms with E-state index in [2.05, 4.69) is 10.3 Å². The van der Waals surface area contributed by atoms with Crippen LogP contribution in [-0.2, 0) is 4.74 Å². The molecule has 8 heteroatoms. The van der Waals surface area contributed by atoms with Crippen LogP contribution in [0.1, 0.15) is 36.5 Å². The largest absolute Gasteiger partial charge is 0.464 e. The van der Waals surface area contributed by atoms with Gasteiger partial charge in [0, 0.05) is 26.5 Å². The SMILES string of the molecule is COCCC1(CNC(=O)c2cccnc2O[C@H](C)C(F)(F)F)CC1. The molecule has 0 bridgehead atoms. The number of halogens is 3. The van der Waals surface area contributed by atoms with Crippen molar-refractivity contribution in [3.63, 3.8) is 0 Å². The van der Waals surface area contributed by atoms with Gasteiger partial charge in [0.2, 0.25) is 5.88 Å². The van der Waals surface area contributed by atoms with Crippen LogP contribution in [0.2, 0.25) is 0 Å². The minimum atomic E-state index is -4.52. The molecule has 1 aliphatic carbocycles. The first-order valence-electron chi connectivity index (χ1n) is 7.73. The van der Waals surface area contributed by atoms with Gasteiger partial charge in [0.15, 0.2) is 6.10 Å². The number of nitrogens with one attached hydrogen (secondary N) is 1. The molecular weight excluding hydrogens is 325 g/mol. The average Bonchev–Trinajstić information content (AvgIpc) is 3.31. The van der Waals surface area contributed by atoms with Crippen molar-refractivity contribution in [2.24, 2.45) is 5.41 Å². The third kappa shape index (κ3) is 4.83. The van der Waals surface area contributed by atoms with Crippen LogP contribution in [0, 0.1) is 5.41 Å². The molecule has 1 heterocycles. The number of hydrogen-bond acceptors (Lipinski definition) is 4. The zero-order valence-corrected chi connectivity index (χ0v) is 13.7. The first kappa shape index (κ1) is 18.5. The van der Waals surface area contributed by atoms with Gasteiger partial charge in [-0.2, -0.15) is 13.2 Å². The Morgan fingerprint density at radius 3 is 2.75 bits per heavy atom. The Morgan fingerprint density at radius 2 is 2.17 bits per heavy atom. The highest BCUT2D eigenvalue weighted by Crippen LogP contribution is 2.48. The molecule has 1 fully saturated rings. The van der Waals surface area contributed by atoms with E-state index >= 15 is 0 Å². The number of rotatable bonds is 8. The average molecular weight is 346 g/mol. The quantitative estimate of drug-likeness (QED) is 0.786. The molecule has 0 aliphatic heterocycles. The van der Waals surface area contributed by atoms with E-state index in [1.807, 2.05) is 0 Å². The molecule has 5 nitrogen and oxygen atoms in total. The Morgan fingerprint density at radius 1 is 1.46 bits per heavy atom. The number of aromatic nitrogens is 1. The lowest BCUT2D eigenvalue weighted by Gasteiger charge is -2.19. The van der Waals surface area contributed by atoms with Gasteiger partial charge in [0.1, 0.15) is 5.56 Å². The molecule has 1 N–H and O–H groups in total. The lowest BCUT2D eigenvalue weighted by Crippen LogP contribution is -2.34. The lowest BCUT2D eigenvalue weighted by molar-refractivity contribution is -0.190. The number of carbonyl (C=O) groups is 1. The first-order valence-corrected chi connectivity index (χ1v) is 7.73. The molecule has 1 amide bonds. The zero-order chi connectivity index (χ0) is 17.8. The van der Waals surface area contributed by atoms with Gasteiger partial charge >= 0.3 is 6.18 Å². The monoisotopic (exact) mass is 346 g/mol. The third-order valence-corrected chi connectivity index (χ3v) is 4.18. The van der Waals surface area contributed by atoms with Crippen LogP contribution in [0.15, 0.2) is 18.3 Å². The van der Waals surface area contributed by atoms with Crippen molar-refractivity contribution in [3.05, 3.63) is 23.9 Å². The molecule has 1 aliphatic rings. The van der Waals surface area contributed by atoms with E-state index in [-0.39, 0.29) is 16.9 Å². The van der Waals surface area contributed by atoms with Crippen LogP contribution in [0.4, 0.5) is 13.2 Å². The second-order valence-corrected chi connectivity index (χ2v) is 6.08. The highest BCUT2D eigenvalue weighted by atomic mass is 19.4. The van der Waals surface area contributed by atoms with Gasteiger partial charge in [0.05, 0.1) is 0 Å². The second-order valence-electron chi connectivity index (χ2n) is 6.08. The molecule has 0 spiro atoms. The Kier molecular flexibility index (Phi) is 5.69. The fourth-order valence-electron chi connectivity index (χ4n) is 2.27. The number of pyridine rings is 1. The van der Waals surface area contributed by atoms with Crippen LogP contribution in [-0.4, -0.2) is 43.4 Å². The van der Waals surface area contributed by atoms with Crippen molar-refractivity contribution in [2.45, 2.75) is 38.5 Å². The maximum Gasteiger partial charge on any atom is 0.425 e. The van der Waals surface area contributed by atoms with Gasteiger partial charge in [0.25, 0.3) is 5.91 Å². The predicted molar refractivity (Wildman–Crippen MR) is 80.9 cm³/mol. The fourth-order valence-corrected chi connectivity index (χ4v) is 2.27. The van der Waals surface area contributed by atoms with Gasteiger partial charge in [-0.05, 0) is 43.7 Å². The van der Waals surface area contributed by atoms with Crippen molar-refractivity contribution in [3.8, 4) is 5.88 Å². The van der Waals surface area contributed by atoms with Crippen LogP contribution >= 0.6 is 0 Å². The van der Waals surface area contributed by atoms with Gasteiger partial charge in [-0.1, -0.05) is 0 Å². The highest BCUT2D eigenvalue weighted by Gasteiger charge is 2.42. The van der Waals surface area contributed by atoms with E-state index in [0.717, 1.165) is 26.2 Å². The zero-order valence-electron chi connectivity index (χ0n) is 13.7. The van der Waals surface area contributed by atoms with Crippen LogP contribution in [0.25, 0.3) is 0 Å². The summed E-state index contributed by atoms with van der Waals surface area (Å²) in [5, 5.41) is 2.77. The summed E-state index contributed by atoms with van der Waals surface area (Å²) in [6.07, 6.45) is -2.45. The summed E-state index contributed by atoms with van der Waals surface area (Å²) in [6.45, 7) is 1.94. The predicted octanol–water partition coefficient (Wildman–Crippen LogP) is 2.96. The van der Waals surface area contributed by atoms with Crippen molar-refractivity contribution in [2.75, 3.05) is 20.3 Å². The fraction of sp³-hybridized carbons (Fsp3) is 0.625. The number of alkyl halides is 3. The van der Waals surface area contributed by atoms with Crippen molar-refractivity contribution in [1.82, 2.24) is 10.3 Å². The maximum atomic E-state index is 12.6. The molecule has 1 saturated carbocycles. The standard InChI is InChI=1S/C16H21F3N2O3/c1-11(16(17,18)19)24-14-12(4-3-8-20-14)13(22)21-10-15(5-6-15)7-9-23-2/h3-4,8,11H,5-7,9-10H2,1-2H3,(H,21,22)/t11-/m1/s1. The number of carbonyl (C=O) groups excluding carboxylic acids is 1. The number of amides is 1. The van der Waals surface area contributed by atoms with Crippen LogP contribution in [0.3, 0.4) is 0 Å². The van der Waals surface area contributed by atoms with Crippen molar-refractivity contribution < 1.29 is 27.4 Å². The molecule has 0 aromatic carbocycles. The molecule has 1 atom stereocenters. The summed E-state index contributed by atoms with van der Waals surface area (Å²) in [6, 6.07) is 2.88. The molecule has 2 rings (SSSR count). The Bertz CT molecular complexity index is 574. The summed E-state index contributed by atoms with van der Waals surface area (Å²) in [5.74, 6) is -0.808. The number of ether oxygens (including phenoxy) is 2. The van der Waals surface area contributed by atoms with Gasteiger partial charge < -0.3 is 14.8 Å². The maximum absolute atomic E-state index is 12.6. The topological polar surface area (TPSA) is 60.5 Å². The van der Waals surface area contributed by atoms with E-state index < -0.39 is 18.2 Å². The van der Waals surface area contributed by atoms with E-state index in [4.69, 9.17) is 9.47 Å². The van der Waals surface area contributed by atoms with E-state index in [1.54, 1.807) is 7.11 Å². The Balaban J connectivity index is 1.99. The van der Waals surface area contributed by atoms with Crippen molar-refractivity contribution >= 4 is 5.91 Å². The number of methoxy groups -OCH3 is 1. The number of nitrogens with zero attached hydrogens (tertiary/aromatic N) is 1. The van der Waals surface area contributed by atoms with E-state index in [1.165, 1.54) is 18.3 Å². The van der Waals surface area contributed by atoms with Gasteiger partial charge in [-0.3, -0.25) is 4.79 Å². The molecular formula is C16H21F3N2O3. The Hall–Kier alpha value is -1.83. The van der Waals surface area contributed by atoms with Crippen molar-refractivity contribution in [1.29, 1.82) is 0 Å². The summed E-state index contributed by atoms with van der Waals surface area (Å²) < 4.78 is 47.8. The molecule has 0 radical (unpaired) electrons. The van der Waals surface area contributed by atoms with Gasteiger partial charge in [-0.25, -0.2) is 4.98 Å². The van der Waals surface area contributed by atoms with Crippen LogP contribution < -0.4 is 10.1 Å². The smallest absolute Gasteiger partial charge is 0.425 e. The molecule has 0 unspecified atom stereocenters. The molecule has 1 aromatic heterocycles. The summed E-state index contributed by atoms with van der Waals surface area (Å²) in [5.41, 5.74) is 0.0323. The normalized spacial score (nSPS) is 17.2. The minimum absolute atomic E-state index is 0.00357. The second kappa shape index (κ2) is 7.38. The highest BCUT2D eigenvalue weighted by molar-refractivity contribution is 5.96. The van der Waals surface area contributed by atoms with E-state index in [0.29, 0.717) is 13.2 Å². The third-order valence-electron chi connectivity index (χ3n) is 4.18. The Labute approximate surface area is 138 Å². The molecule has 24 heavy (non-hydrogen) atoms. The molecule has 134 valence electrons. The van der Waals surface area contributed by atoms with Crippen LogP contribution in [0.5, 0.6) is 5.88 Å². The molecule has 1 aromatic rings. The molecule has 0 saturated heterocycles. The first-order chi connectivity index (χ1) is 11.3.